The third kappa shape index (κ3) is 4.91. The summed E-state index contributed by atoms with van der Waals surface area (Å²) in [5.74, 6) is -0.284. The fourth-order valence-corrected chi connectivity index (χ4v) is 4.74. The Morgan fingerprint density at radius 1 is 1.15 bits per heavy atom. The molecular formula is C19H21N3O3S2. The van der Waals surface area contributed by atoms with Crippen LogP contribution in [-0.2, 0) is 16.4 Å². The predicted octanol–water partition coefficient (Wildman–Crippen LogP) is 2.96. The molecule has 0 aliphatic carbocycles. The van der Waals surface area contributed by atoms with E-state index >= 15 is 0 Å². The maximum Gasteiger partial charge on any atom is 0.251 e. The Balaban J connectivity index is 1.55. The molecule has 0 atom stereocenters. The largest absolute Gasteiger partial charge is 0.352 e. The number of carbonyl (C=O) groups is 1. The smallest absolute Gasteiger partial charge is 0.251 e. The maximum absolute atomic E-state index is 12.3. The highest BCUT2D eigenvalue weighted by Crippen LogP contribution is 2.22. The van der Waals surface area contributed by atoms with Gasteiger partial charge in [0.25, 0.3) is 5.91 Å². The first kappa shape index (κ1) is 19.5. The Bertz CT molecular complexity index is 1010. The second-order valence-corrected chi connectivity index (χ2v) is 8.85. The SMILES string of the molecule is CCNS(=O)(=O)c1cccc(C(=O)NCCCc2nc3ccccc3s2)c1. The summed E-state index contributed by atoms with van der Waals surface area (Å²) < 4.78 is 27.7. The van der Waals surface area contributed by atoms with Crippen molar-refractivity contribution >= 4 is 37.5 Å². The highest BCUT2D eigenvalue weighted by atomic mass is 32.2. The molecule has 8 heteroatoms. The van der Waals surface area contributed by atoms with Crippen molar-refractivity contribution in [2.45, 2.75) is 24.7 Å². The molecule has 1 amide bonds. The second-order valence-electron chi connectivity index (χ2n) is 5.96. The maximum atomic E-state index is 12.3. The van der Waals surface area contributed by atoms with Crippen LogP contribution in [-0.4, -0.2) is 32.4 Å². The van der Waals surface area contributed by atoms with Crippen LogP contribution in [0.15, 0.2) is 53.4 Å². The molecule has 3 aromatic rings. The number of thiazole rings is 1. The van der Waals surface area contributed by atoms with Gasteiger partial charge in [0.1, 0.15) is 0 Å². The van der Waals surface area contributed by atoms with Gasteiger partial charge in [-0.15, -0.1) is 11.3 Å². The molecule has 1 heterocycles. The zero-order valence-corrected chi connectivity index (χ0v) is 16.6. The van der Waals surface area contributed by atoms with E-state index in [4.69, 9.17) is 0 Å². The molecule has 3 rings (SSSR count). The average molecular weight is 404 g/mol. The number of nitrogens with zero attached hydrogens (tertiary/aromatic N) is 1. The fraction of sp³-hybridized carbons (Fsp3) is 0.263. The molecule has 6 nitrogen and oxygen atoms in total. The summed E-state index contributed by atoms with van der Waals surface area (Å²) in [6.45, 7) is 2.50. The van der Waals surface area contributed by atoms with E-state index in [-0.39, 0.29) is 10.8 Å². The van der Waals surface area contributed by atoms with Crippen LogP contribution in [0, 0.1) is 0 Å². The number of aromatic nitrogens is 1. The molecule has 2 aromatic carbocycles. The summed E-state index contributed by atoms with van der Waals surface area (Å²) in [6.07, 6.45) is 1.55. The van der Waals surface area contributed by atoms with Gasteiger partial charge in [-0.25, -0.2) is 18.1 Å². The lowest BCUT2D eigenvalue weighted by Gasteiger charge is -2.08. The first-order valence-corrected chi connectivity index (χ1v) is 11.0. The molecule has 1 aromatic heterocycles. The molecule has 2 N–H and O–H groups in total. The van der Waals surface area contributed by atoms with Crippen molar-refractivity contribution in [2.75, 3.05) is 13.1 Å². The number of aryl methyl sites for hydroxylation is 1. The molecule has 0 aliphatic heterocycles. The number of fused-ring (bicyclic) bond motifs is 1. The zero-order chi connectivity index (χ0) is 19.3. The molecule has 0 fully saturated rings. The van der Waals surface area contributed by atoms with Crippen LogP contribution >= 0.6 is 11.3 Å². The number of hydrogen-bond donors (Lipinski definition) is 2. The molecule has 0 saturated heterocycles. The number of para-hydroxylation sites is 1. The molecule has 0 aliphatic rings. The monoisotopic (exact) mass is 403 g/mol. The normalized spacial score (nSPS) is 11.6. The van der Waals surface area contributed by atoms with E-state index < -0.39 is 10.0 Å². The predicted molar refractivity (Wildman–Crippen MR) is 108 cm³/mol. The number of sulfonamides is 1. The van der Waals surface area contributed by atoms with Crippen molar-refractivity contribution in [1.29, 1.82) is 0 Å². The van der Waals surface area contributed by atoms with E-state index in [1.165, 1.54) is 12.1 Å². The van der Waals surface area contributed by atoms with Gasteiger partial charge in [0, 0.05) is 25.1 Å². The van der Waals surface area contributed by atoms with Gasteiger partial charge in [-0.3, -0.25) is 4.79 Å². The molecule has 0 unspecified atom stereocenters. The minimum Gasteiger partial charge on any atom is -0.352 e. The molecule has 0 radical (unpaired) electrons. The van der Waals surface area contributed by atoms with Crippen molar-refractivity contribution in [3.63, 3.8) is 0 Å². The van der Waals surface area contributed by atoms with Gasteiger partial charge in [-0.2, -0.15) is 0 Å². The van der Waals surface area contributed by atoms with Crippen LogP contribution < -0.4 is 10.0 Å². The lowest BCUT2D eigenvalue weighted by Crippen LogP contribution is -2.26. The molecule has 27 heavy (non-hydrogen) atoms. The zero-order valence-electron chi connectivity index (χ0n) is 14.9. The summed E-state index contributed by atoms with van der Waals surface area (Å²) in [5, 5.41) is 3.88. The van der Waals surface area contributed by atoms with E-state index in [1.807, 2.05) is 24.3 Å². The number of carbonyl (C=O) groups excluding carboxylic acids is 1. The molecular weight excluding hydrogens is 382 g/mol. The van der Waals surface area contributed by atoms with Crippen molar-refractivity contribution in [1.82, 2.24) is 15.0 Å². The number of nitrogens with one attached hydrogen (secondary N) is 2. The lowest BCUT2D eigenvalue weighted by molar-refractivity contribution is 0.0953. The van der Waals surface area contributed by atoms with E-state index in [9.17, 15) is 13.2 Å². The average Bonchev–Trinajstić information content (AvgIpc) is 3.08. The van der Waals surface area contributed by atoms with E-state index in [0.29, 0.717) is 18.7 Å². The fourth-order valence-electron chi connectivity index (χ4n) is 2.65. The summed E-state index contributed by atoms with van der Waals surface area (Å²) in [5.41, 5.74) is 1.33. The first-order valence-electron chi connectivity index (χ1n) is 8.72. The Morgan fingerprint density at radius 3 is 2.74 bits per heavy atom. The van der Waals surface area contributed by atoms with E-state index in [1.54, 1.807) is 30.4 Å². The van der Waals surface area contributed by atoms with Crippen LogP contribution in [0.1, 0.15) is 28.7 Å². The summed E-state index contributed by atoms with van der Waals surface area (Å²) in [7, 11) is -3.58. The minimum atomic E-state index is -3.58. The van der Waals surface area contributed by atoms with Crippen molar-refractivity contribution in [2.24, 2.45) is 0 Å². The van der Waals surface area contributed by atoms with Crippen LogP contribution in [0.5, 0.6) is 0 Å². The summed E-state index contributed by atoms with van der Waals surface area (Å²) in [6, 6.07) is 14.0. The lowest BCUT2D eigenvalue weighted by atomic mass is 10.2. The standard InChI is InChI=1S/C19H21N3O3S2/c1-2-21-27(24,25)15-8-5-7-14(13-15)19(23)20-12-6-11-18-22-16-9-3-4-10-17(16)26-18/h3-5,7-10,13,21H,2,6,11-12H2,1H3,(H,20,23). The number of amides is 1. The minimum absolute atomic E-state index is 0.0893. The highest BCUT2D eigenvalue weighted by Gasteiger charge is 2.15. The van der Waals surface area contributed by atoms with Gasteiger partial charge in [-0.05, 0) is 36.8 Å². The van der Waals surface area contributed by atoms with Crippen LogP contribution in [0.4, 0.5) is 0 Å². The third-order valence-corrected chi connectivity index (χ3v) is 6.57. The molecule has 0 bridgehead atoms. The van der Waals surface area contributed by atoms with Gasteiger partial charge >= 0.3 is 0 Å². The second kappa shape index (κ2) is 8.60. The van der Waals surface area contributed by atoms with Gasteiger partial charge in [0.15, 0.2) is 0 Å². The molecule has 142 valence electrons. The van der Waals surface area contributed by atoms with Gasteiger partial charge < -0.3 is 5.32 Å². The Hall–Kier alpha value is -2.29. The Morgan fingerprint density at radius 2 is 1.96 bits per heavy atom. The quantitative estimate of drug-likeness (QED) is 0.566. The Kier molecular flexibility index (Phi) is 6.20. The Labute approximate surface area is 162 Å². The van der Waals surface area contributed by atoms with Gasteiger partial charge in [-0.1, -0.05) is 25.1 Å². The molecule has 0 spiro atoms. The number of benzene rings is 2. The van der Waals surface area contributed by atoms with Gasteiger partial charge in [0.2, 0.25) is 10.0 Å². The number of rotatable bonds is 8. The van der Waals surface area contributed by atoms with Crippen molar-refractivity contribution < 1.29 is 13.2 Å². The van der Waals surface area contributed by atoms with Gasteiger partial charge in [0.05, 0.1) is 20.1 Å². The van der Waals surface area contributed by atoms with Crippen molar-refractivity contribution in [3.05, 3.63) is 59.1 Å². The van der Waals surface area contributed by atoms with E-state index in [2.05, 4.69) is 15.0 Å². The van der Waals surface area contributed by atoms with Crippen LogP contribution in [0.2, 0.25) is 0 Å². The highest BCUT2D eigenvalue weighted by molar-refractivity contribution is 7.89. The van der Waals surface area contributed by atoms with E-state index in [0.717, 1.165) is 28.1 Å². The summed E-state index contributed by atoms with van der Waals surface area (Å²) >= 11 is 1.66. The summed E-state index contributed by atoms with van der Waals surface area (Å²) in [4.78, 5) is 17.0. The number of hydrogen-bond acceptors (Lipinski definition) is 5. The first-order chi connectivity index (χ1) is 13.0. The molecule has 0 saturated carbocycles. The van der Waals surface area contributed by atoms with Crippen LogP contribution in [0.25, 0.3) is 10.2 Å². The topological polar surface area (TPSA) is 88.2 Å². The van der Waals surface area contributed by atoms with Crippen molar-refractivity contribution in [3.8, 4) is 0 Å². The van der Waals surface area contributed by atoms with Crippen LogP contribution in [0.3, 0.4) is 0 Å². The third-order valence-electron chi connectivity index (χ3n) is 3.93.